The average Bonchev–Trinajstić information content (AvgIpc) is 2.46. The van der Waals surface area contributed by atoms with Crippen LogP contribution in [0.5, 0.6) is 5.75 Å². The van der Waals surface area contributed by atoms with Gasteiger partial charge in [-0.05, 0) is 41.1 Å². The third kappa shape index (κ3) is 1.44. The van der Waals surface area contributed by atoms with Gasteiger partial charge in [-0.15, -0.1) is 0 Å². The van der Waals surface area contributed by atoms with Crippen molar-refractivity contribution < 1.29 is 9.15 Å². The van der Waals surface area contributed by atoms with Gasteiger partial charge in [-0.3, -0.25) is 0 Å². The standard InChI is InChI=1S/C10H9BrO2/c1-6-3-7-4-8(12-2)5-9(11)10(7)13-6/h3-5H,1-2H3. The molecular formula is C10H9BrO2. The topological polar surface area (TPSA) is 22.4 Å². The molecule has 0 fully saturated rings. The van der Waals surface area contributed by atoms with Gasteiger partial charge in [-0.25, -0.2) is 0 Å². The fourth-order valence-electron chi connectivity index (χ4n) is 1.33. The zero-order chi connectivity index (χ0) is 9.42. The maximum atomic E-state index is 5.50. The first kappa shape index (κ1) is 8.63. The van der Waals surface area contributed by atoms with Crippen molar-refractivity contribution >= 4 is 26.9 Å². The van der Waals surface area contributed by atoms with Gasteiger partial charge in [-0.1, -0.05) is 0 Å². The lowest BCUT2D eigenvalue weighted by Gasteiger charge is -1.99. The molecule has 1 aromatic heterocycles. The molecule has 2 aromatic rings. The summed E-state index contributed by atoms with van der Waals surface area (Å²) in [4.78, 5) is 0. The monoisotopic (exact) mass is 240 g/mol. The molecular weight excluding hydrogens is 232 g/mol. The maximum absolute atomic E-state index is 5.50. The van der Waals surface area contributed by atoms with Crippen LogP contribution in [-0.4, -0.2) is 7.11 Å². The molecule has 0 amide bonds. The van der Waals surface area contributed by atoms with E-state index >= 15 is 0 Å². The molecule has 2 nitrogen and oxygen atoms in total. The highest BCUT2D eigenvalue weighted by atomic mass is 79.9. The van der Waals surface area contributed by atoms with Crippen LogP contribution in [0, 0.1) is 6.92 Å². The van der Waals surface area contributed by atoms with E-state index < -0.39 is 0 Å². The Labute approximate surface area is 84.6 Å². The van der Waals surface area contributed by atoms with Crippen LogP contribution >= 0.6 is 15.9 Å². The van der Waals surface area contributed by atoms with Gasteiger partial charge in [0, 0.05) is 5.39 Å². The average molecular weight is 241 g/mol. The molecule has 0 atom stereocenters. The van der Waals surface area contributed by atoms with Crippen LogP contribution < -0.4 is 4.74 Å². The van der Waals surface area contributed by atoms with Crippen molar-refractivity contribution in [3.63, 3.8) is 0 Å². The summed E-state index contributed by atoms with van der Waals surface area (Å²) in [5.41, 5.74) is 0.873. The van der Waals surface area contributed by atoms with Crippen molar-refractivity contribution in [3.05, 3.63) is 28.4 Å². The molecule has 1 aromatic carbocycles. The van der Waals surface area contributed by atoms with Crippen molar-refractivity contribution in [2.24, 2.45) is 0 Å². The summed E-state index contributed by atoms with van der Waals surface area (Å²) in [5, 5.41) is 1.06. The molecule has 0 spiro atoms. The van der Waals surface area contributed by atoms with Crippen LogP contribution in [-0.2, 0) is 0 Å². The van der Waals surface area contributed by atoms with Crippen molar-refractivity contribution in [2.45, 2.75) is 6.92 Å². The molecule has 0 aliphatic carbocycles. The van der Waals surface area contributed by atoms with E-state index in [4.69, 9.17) is 9.15 Å². The summed E-state index contributed by atoms with van der Waals surface area (Å²) < 4.78 is 11.6. The number of hydrogen-bond donors (Lipinski definition) is 0. The van der Waals surface area contributed by atoms with Crippen LogP contribution in [0.3, 0.4) is 0 Å². The number of benzene rings is 1. The lowest BCUT2D eigenvalue weighted by molar-refractivity contribution is 0.415. The number of fused-ring (bicyclic) bond motifs is 1. The fraction of sp³-hybridized carbons (Fsp3) is 0.200. The second kappa shape index (κ2) is 3.07. The Morgan fingerprint density at radius 3 is 2.77 bits per heavy atom. The van der Waals surface area contributed by atoms with Gasteiger partial charge in [0.25, 0.3) is 0 Å². The summed E-state index contributed by atoms with van der Waals surface area (Å²) in [6.45, 7) is 1.93. The summed E-state index contributed by atoms with van der Waals surface area (Å²) in [6.07, 6.45) is 0. The molecule has 0 aliphatic rings. The first-order valence-corrected chi connectivity index (χ1v) is 4.73. The minimum Gasteiger partial charge on any atom is -0.497 e. The van der Waals surface area contributed by atoms with Gasteiger partial charge < -0.3 is 9.15 Å². The number of halogens is 1. The van der Waals surface area contributed by atoms with Gasteiger partial charge in [0.2, 0.25) is 0 Å². The molecule has 68 valence electrons. The van der Waals surface area contributed by atoms with Crippen molar-refractivity contribution in [3.8, 4) is 5.75 Å². The van der Waals surface area contributed by atoms with Crippen molar-refractivity contribution in [2.75, 3.05) is 7.11 Å². The van der Waals surface area contributed by atoms with Crippen molar-refractivity contribution in [1.82, 2.24) is 0 Å². The van der Waals surface area contributed by atoms with Crippen LogP contribution in [0.25, 0.3) is 11.0 Å². The number of methoxy groups -OCH3 is 1. The zero-order valence-electron chi connectivity index (χ0n) is 7.43. The minimum absolute atomic E-state index is 0.833. The van der Waals surface area contributed by atoms with Crippen LogP contribution in [0.15, 0.2) is 27.1 Å². The second-order valence-corrected chi connectivity index (χ2v) is 3.74. The molecule has 13 heavy (non-hydrogen) atoms. The van der Waals surface area contributed by atoms with E-state index in [0.29, 0.717) is 0 Å². The molecule has 1 heterocycles. The fourth-order valence-corrected chi connectivity index (χ4v) is 1.87. The molecule has 0 N–H and O–H groups in total. The minimum atomic E-state index is 0.833. The Hall–Kier alpha value is -0.960. The van der Waals surface area contributed by atoms with E-state index in [2.05, 4.69) is 15.9 Å². The first-order chi connectivity index (χ1) is 6.20. The van der Waals surface area contributed by atoms with E-state index in [1.807, 2.05) is 25.1 Å². The zero-order valence-corrected chi connectivity index (χ0v) is 9.01. The number of rotatable bonds is 1. The molecule has 0 saturated carbocycles. The first-order valence-electron chi connectivity index (χ1n) is 3.94. The normalized spacial score (nSPS) is 10.7. The van der Waals surface area contributed by atoms with E-state index in [1.54, 1.807) is 7.11 Å². The number of hydrogen-bond acceptors (Lipinski definition) is 2. The third-order valence-corrected chi connectivity index (χ3v) is 2.49. The van der Waals surface area contributed by atoms with Crippen LogP contribution in [0.2, 0.25) is 0 Å². The quantitative estimate of drug-likeness (QED) is 0.762. The predicted octanol–water partition coefficient (Wildman–Crippen LogP) is 3.51. The molecule has 0 bridgehead atoms. The van der Waals surface area contributed by atoms with Gasteiger partial charge in [0.15, 0.2) is 0 Å². The molecule has 0 unspecified atom stereocenters. The van der Waals surface area contributed by atoms with E-state index in [1.165, 1.54) is 0 Å². The van der Waals surface area contributed by atoms with Gasteiger partial charge in [0.1, 0.15) is 17.1 Å². The van der Waals surface area contributed by atoms with Gasteiger partial charge >= 0.3 is 0 Å². The maximum Gasteiger partial charge on any atom is 0.148 e. The summed E-state index contributed by atoms with van der Waals surface area (Å²) >= 11 is 3.43. The Balaban J connectivity index is 2.75. The van der Waals surface area contributed by atoms with E-state index in [9.17, 15) is 0 Å². The molecule has 3 heteroatoms. The lowest BCUT2D eigenvalue weighted by Crippen LogP contribution is -1.81. The summed E-state index contributed by atoms with van der Waals surface area (Å²) in [5.74, 6) is 1.74. The van der Waals surface area contributed by atoms with Crippen LogP contribution in [0.1, 0.15) is 5.76 Å². The van der Waals surface area contributed by atoms with Gasteiger partial charge in [0.05, 0.1) is 11.6 Å². The van der Waals surface area contributed by atoms with Crippen molar-refractivity contribution in [1.29, 1.82) is 0 Å². The van der Waals surface area contributed by atoms with E-state index in [0.717, 1.165) is 27.0 Å². The Morgan fingerprint density at radius 2 is 2.08 bits per heavy atom. The lowest BCUT2D eigenvalue weighted by atomic mass is 10.2. The number of aryl methyl sites for hydroxylation is 1. The Morgan fingerprint density at radius 1 is 1.31 bits per heavy atom. The highest BCUT2D eigenvalue weighted by Crippen LogP contribution is 2.31. The molecule has 0 saturated heterocycles. The Kier molecular flexibility index (Phi) is 2.04. The highest BCUT2D eigenvalue weighted by molar-refractivity contribution is 9.10. The number of furan rings is 1. The predicted molar refractivity (Wildman–Crippen MR) is 55.2 cm³/mol. The van der Waals surface area contributed by atoms with E-state index in [-0.39, 0.29) is 0 Å². The molecule has 2 rings (SSSR count). The smallest absolute Gasteiger partial charge is 0.148 e. The summed E-state index contributed by atoms with van der Waals surface area (Å²) in [7, 11) is 1.65. The largest absolute Gasteiger partial charge is 0.497 e. The number of ether oxygens (including phenoxy) is 1. The summed E-state index contributed by atoms with van der Waals surface area (Å²) in [6, 6.07) is 5.84. The third-order valence-electron chi connectivity index (χ3n) is 1.90. The second-order valence-electron chi connectivity index (χ2n) is 2.88. The van der Waals surface area contributed by atoms with Gasteiger partial charge in [-0.2, -0.15) is 0 Å². The highest BCUT2D eigenvalue weighted by Gasteiger charge is 2.06. The molecule has 0 radical (unpaired) electrons. The van der Waals surface area contributed by atoms with Crippen LogP contribution in [0.4, 0.5) is 0 Å². The molecule has 0 aliphatic heterocycles. The SMILES string of the molecule is COc1cc(Br)c2oc(C)cc2c1. The Bertz CT molecular complexity index is 445.